The number of benzene rings is 1. The molecule has 1 aromatic rings. The van der Waals surface area contributed by atoms with Crippen molar-refractivity contribution in [2.45, 2.75) is 39.7 Å². The van der Waals surface area contributed by atoms with E-state index < -0.39 is 0 Å². The maximum absolute atomic E-state index is 11.6. The molecule has 17 heavy (non-hydrogen) atoms. The van der Waals surface area contributed by atoms with E-state index >= 15 is 0 Å². The van der Waals surface area contributed by atoms with Gasteiger partial charge in [0.15, 0.2) is 0 Å². The van der Waals surface area contributed by atoms with Gasteiger partial charge in [-0.25, -0.2) is 0 Å². The molecule has 0 bridgehead atoms. The molecule has 0 aliphatic carbocycles. The van der Waals surface area contributed by atoms with E-state index in [1.807, 2.05) is 13.0 Å². The predicted molar refractivity (Wildman–Crippen MR) is 70.9 cm³/mol. The van der Waals surface area contributed by atoms with Gasteiger partial charge < -0.3 is 11.1 Å². The lowest BCUT2D eigenvalue weighted by atomic mass is 9.98. The highest BCUT2D eigenvalue weighted by molar-refractivity contribution is 5.76. The van der Waals surface area contributed by atoms with E-state index in [4.69, 9.17) is 5.73 Å². The molecule has 0 spiro atoms. The highest BCUT2D eigenvalue weighted by Gasteiger charge is 2.08. The molecule has 1 aromatic carbocycles. The van der Waals surface area contributed by atoms with Crippen molar-refractivity contribution in [2.75, 3.05) is 6.54 Å². The summed E-state index contributed by atoms with van der Waals surface area (Å²) in [4.78, 5) is 11.6. The Balaban J connectivity index is 2.53. The molecule has 0 aliphatic rings. The van der Waals surface area contributed by atoms with Crippen LogP contribution in [-0.4, -0.2) is 18.5 Å². The summed E-state index contributed by atoms with van der Waals surface area (Å²) in [6.45, 7) is 6.57. The van der Waals surface area contributed by atoms with Crippen LogP contribution in [0, 0.1) is 13.8 Å². The zero-order valence-electron chi connectivity index (χ0n) is 10.9. The van der Waals surface area contributed by atoms with Gasteiger partial charge in [-0.05, 0) is 43.9 Å². The van der Waals surface area contributed by atoms with Crippen LogP contribution in [0.5, 0.6) is 0 Å². The second-order valence-electron chi connectivity index (χ2n) is 4.57. The third-order valence-corrected chi connectivity index (χ3v) is 3.01. The summed E-state index contributed by atoms with van der Waals surface area (Å²) in [6, 6.07) is 6.27. The molecule has 1 amide bonds. The average molecular weight is 234 g/mol. The number of hydrogen-bond donors (Lipinski definition) is 2. The second-order valence-corrected chi connectivity index (χ2v) is 4.57. The van der Waals surface area contributed by atoms with Gasteiger partial charge in [-0.2, -0.15) is 0 Å². The molecule has 0 fully saturated rings. The molecule has 0 aliphatic heterocycles. The van der Waals surface area contributed by atoms with Gasteiger partial charge in [0.05, 0.1) is 0 Å². The highest BCUT2D eigenvalue weighted by Crippen LogP contribution is 2.15. The Morgan fingerprint density at radius 1 is 1.35 bits per heavy atom. The number of hydrogen-bond acceptors (Lipinski definition) is 2. The third-order valence-electron chi connectivity index (χ3n) is 3.01. The van der Waals surface area contributed by atoms with Crippen molar-refractivity contribution < 1.29 is 4.79 Å². The van der Waals surface area contributed by atoms with Gasteiger partial charge in [0.25, 0.3) is 0 Å². The maximum Gasteiger partial charge on any atom is 0.220 e. The molecular weight excluding hydrogens is 212 g/mol. The molecule has 0 saturated heterocycles. The minimum Gasteiger partial charge on any atom is -0.352 e. The fourth-order valence-corrected chi connectivity index (χ4v) is 1.89. The number of amides is 1. The molecule has 1 atom stereocenters. The molecule has 3 heteroatoms. The lowest BCUT2D eigenvalue weighted by Crippen LogP contribution is -2.37. The first kappa shape index (κ1) is 13.7. The first-order valence-corrected chi connectivity index (χ1v) is 6.09. The van der Waals surface area contributed by atoms with Gasteiger partial charge >= 0.3 is 0 Å². The van der Waals surface area contributed by atoms with E-state index in [9.17, 15) is 4.79 Å². The zero-order chi connectivity index (χ0) is 12.8. The first-order valence-electron chi connectivity index (χ1n) is 6.09. The standard InChI is InChI=1S/C14H22N2O/c1-10-5-4-6-11(2)13(10)7-8-14(17)16-12(3)9-15/h4-6,12H,7-9,15H2,1-3H3,(H,16,17). The van der Waals surface area contributed by atoms with Gasteiger partial charge in [0.2, 0.25) is 5.91 Å². The average Bonchev–Trinajstić information content (AvgIpc) is 2.28. The quantitative estimate of drug-likeness (QED) is 0.814. The minimum atomic E-state index is 0.0560. The molecular formula is C14H22N2O. The fraction of sp³-hybridized carbons (Fsp3) is 0.500. The van der Waals surface area contributed by atoms with Gasteiger partial charge in [0.1, 0.15) is 0 Å². The highest BCUT2D eigenvalue weighted by atomic mass is 16.1. The van der Waals surface area contributed by atoms with Gasteiger partial charge in [-0.1, -0.05) is 18.2 Å². The Morgan fingerprint density at radius 2 is 1.94 bits per heavy atom. The molecule has 0 saturated carbocycles. The first-order chi connectivity index (χ1) is 8.04. The molecule has 3 N–H and O–H groups in total. The van der Waals surface area contributed by atoms with Crippen molar-refractivity contribution in [1.29, 1.82) is 0 Å². The summed E-state index contributed by atoms with van der Waals surface area (Å²) in [5.74, 6) is 0.0746. The third kappa shape index (κ3) is 4.19. The molecule has 0 heterocycles. The summed E-state index contributed by atoms with van der Waals surface area (Å²) in [7, 11) is 0. The van der Waals surface area contributed by atoms with Crippen LogP contribution in [0.2, 0.25) is 0 Å². The number of aryl methyl sites for hydroxylation is 2. The van der Waals surface area contributed by atoms with Crippen molar-refractivity contribution in [2.24, 2.45) is 5.73 Å². The number of nitrogens with one attached hydrogen (secondary N) is 1. The topological polar surface area (TPSA) is 55.1 Å². The molecule has 1 unspecified atom stereocenters. The maximum atomic E-state index is 11.6. The molecule has 0 radical (unpaired) electrons. The summed E-state index contributed by atoms with van der Waals surface area (Å²) >= 11 is 0. The second kappa shape index (κ2) is 6.40. The Labute approximate surface area is 103 Å². The van der Waals surface area contributed by atoms with Crippen LogP contribution in [0.3, 0.4) is 0 Å². The lowest BCUT2D eigenvalue weighted by Gasteiger charge is -2.12. The van der Waals surface area contributed by atoms with Crippen LogP contribution in [0.1, 0.15) is 30.0 Å². The summed E-state index contributed by atoms with van der Waals surface area (Å²) in [6.07, 6.45) is 1.32. The van der Waals surface area contributed by atoms with Crippen molar-refractivity contribution in [1.82, 2.24) is 5.32 Å². The molecule has 1 rings (SSSR count). The van der Waals surface area contributed by atoms with Crippen molar-refractivity contribution in [3.05, 3.63) is 34.9 Å². The van der Waals surface area contributed by atoms with E-state index in [0.717, 1.165) is 6.42 Å². The summed E-state index contributed by atoms with van der Waals surface area (Å²) < 4.78 is 0. The van der Waals surface area contributed by atoms with E-state index in [0.29, 0.717) is 13.0 Å². The summed E-state index contributed by atoms with van der Waals surface area (Å²) in [5, 5.41) is 2.87. The molecule has 3 nitrogen and oxygen atoms in total. The van der Waals surface area contributed by atoms with E-state index in [-0.39, 0.29) is 11.9 Å². The smallest absolute Gasteiger partial charge is 0.220 e. The Morgan fingerprint density at radius 3 is 2.47 bits per heavy atom. The molecule has 0 aromatic heterocycles. The fourth-order valence-electron chi connectivity index (χ4n) is 1.89. The number of nitrogens with two attached hydrogens (primary N) is 1. The monoisotopic (exact) mass is 234 g/mol. The largest absolute Gasteiger partial charge is 0.352 e. The lowest BCUT2D eigenvalue weighted by molar-refractivity contribution is -0.121. The normalized spacial score (nSPS) is 12.2. The van der Waals surface area contributed by atoms with Crippen LogP contribution in [-0.2, 0) is 11.2 Å². The van der Waals surface area contributed by atoms with Gasteiger partial charge in [0, 0.05) is 19.0 Å². The Hall–Kier alpha value is -1.35. The van der Waals surface area contributed by atoms with Crippen LogP contribution in [0.25, 0.3) is 0 Å². The van der Waals surface area contributed by atoms with Gasteiger partial charge in [-0.15, -0.1) is 0 Å². The van der Waals surface area contributed by atoms with E-state index in [1.54, 1.807) is 0 Å². The van der Waals surface area contributed by atoms with Crippen LogP contribution >= 0.6 is 0 Å². The summed E-state index contributed by atoms with van der Waals surface area (Å²) in [5.41, 5.74) is 9.25. The Kier molecular flexibility index (Phi) is 5.16. The van der Waals surface area contributed by atoms with Crippen molar-refractivity contribution in [3.8, 4) is 0 Å². The van der Waals surface area contributed by atoms with E-state index in [1.165, 1.54) is 16.7 Å². The van der Waals surface area contributed by atoms with E-state index in [2.05, 4.69) is 31.3 Å². The number of carbonyl (C=O) groups is 1. The van der Waals surface area contributed by atoms with Crippen molar-refractivity contribution >= 4 is 5.91 Å². The number of carbonyl (C=O) groups excluding carboxylic acids is 1. The SMILES string of the molecule is Cc1cccc(C)c1CCC(=O)NC(C)CN. The van der Waals surface area contributed by atoms with Crippen LogP contribution < -0.4 is 11.1 Å². The van der Waals surface area contributed by atoms with Crippen molar-refractivity contribution in [3.63, 3.8) is 0 Å². The predicted octanol–water partition coefficient (Wildman–Crippen LogP) is 1.70. The molecule has 94 valence electrons. The Bertz CT molecular complexity index is 368. The minimum absolute atomic E-state index is 0.0560. The van der Waals surface area contributed by atoms with Gasteiger partial charge in [-0.3, -0.25) is 4.79 Å². The number of rotatable bonds is 5. The zero-order valence-corrected chi connectivity index (χ0v) is 10.9. The van der Waals surface area contributed by atoms with Crippen LogP contribution in [0.15, 0.2) is 18.2 Å². The van der Waals surface area contributed by atoms with Crippen LogP contribution in [0.4, 0.5) is 0 Å².